The first-order chi connectivity index (χ1) is 13.6. The maximum absolute atomic E-state index is 13.1. The fourth-order valence-corrected chi connectivity index (χ4v) is 4.77. The molecule has 1 heterocycles. The molecular weight excluding hydrogens is 470 g/mol. The van der Waals surface area contributed by atoms with Gasteiger partial charge in [-0.2, -0.15) is 13.2 Å². The standard InChI is InChI=1S/C17H12Cl2F3N3O2S2/c18-10-1-4-16(28-8-11-7-23-9-24-11)15(5-10)25-29(26,27)12-2-3-14(19)13(6-12)17(20,21)22/h1-7,9,25H,8H2,(H,23,24). The monoisotopic (exact) mass is 481 g/mol. The third kappa shape index (κ3) is 5.39. The summed E-state index contributed by atoms with van der Waals surface area (Å²) in [5.74, 6) is 0.443. The Morgan fingerprint density at radius 3 is 2.55 bits per heavy atom. The number of alkyl halides is 3. The molecule has 12 heteroatoms. The summed E-state index contributed by atoms with van der Waals surface area (Å²) < 4.78 is 66.9. The van der Waals surface area contributed by atoms with Crippen molar-refractivity contribution in [3.05, 3.63) is 70.2 Å². The molecule has 5 nitrogen and oxygen atoms in total. The Kier molecular flexibility index (Phi) is 6.37. The number of sulfonamides is 1. The molecule has 0 bridgehead atoms. The van der Waals surface area contributed by atoms with E-state index in [0.717, 1.165) is 17.8 Å². The summed E-state index contributed by atoms with van der Waals surface area (Å²) in [5, 5.41) is -0.326. The van der Waals surface area contributed by atoms with Crippen molar-refractivity contribution in [2.75, 3.05) is 4.72 Å². The molecule has 0 unspecified atom stereocenters. The molecule has 2 N–H and O–H groups in total. The zero-order valence-corrected chi connectivity index (χ0v) is 17.4. The minimum absolute atomic E-state index is 0.140. The van der Waals surface area contributed by atoms with Gasteiger partial charge < -0.3 is 4.98 Å². The lowest BCUT2D eigenvalue weighted by atomic mass is 10.2. The minimum Gasteiger partial charge on any atom is -0.351 e. The number of imidazole rings is 1. The van der Waals surface area contributed by atoms with E-state index in [9.17, 15) is 21.6 Å². The largest absolute Gasteiger partial charge is 0.417 e. The van der Waals surface area contributed by atoms with Crippen LogP contribution in [0, 0.1) is 0 Å². The number of nitrogens with zero attached hydrogens (tertiary/aromatic N) is 1. The van der Waals surface area contributed by atoms with Crippen molar-refractivity contribution in [2.24, 2.45) is 0 Å². The molecule has 1 aromatic heterocycles. The first kappa shape index (κ1) is 21.8. The fraction of sp³-hybridized carbons (Fsp3) is 0.118. The van der Waals surface area contributed by atoms with Crippen molar-refractivity contribution in [2.45, 2.75) is 21.7 Å². The molecule has 154 valence electrons. The van der Waals surface area contributed by atoms with Gasteiger partial charge in [-0.05, 0) is 36.4 Å². The second-order valence-corrected chi connectivity index (χ2v) is 9.28. The number of H-pyrrole nitrogens is 1. The molecule has 0 spiro atoms. The van der Waals surface area contributed by atoms with E-state index in [1.165, 1.54) is 24.2 Å². The maximum Gasteiger partial charge on any atom is 0.417 e. The first-order valence-electron chi connectivity index (χ1n) is 7.86. The lowest BCUT2D eigenvalue weighted by molar-refractivity contribution is -0.137. The molecular formula is C17H12Cl2F3N3O2S2. The van der Waals surface area contributed by atoms with Gasteiger partial charge in [-0.1, -0.05) is 23.2 Å². The highest BCUT2D eigenvalue weighted by molar-refractivity contribution is 7.98. The van der Waals surface area contributed by atoms with E-state index < -0.39 is 31.7 Å². The summed E-state index contributed by atoms with van der Waals surface area (Å²) in [6, 6.07) is 6.96. The van der Waals surface area contributed by atoms with Gasteiger partial charge in [0.1, 0.15) is 0 Å². The highest BCUT2D eigenvalue weighted by atomic mass is 35.5. The van der Waals surface area contributed by atoms with Crippen molar-refractivity contribution in [1.29, 1.82) is 0 Å². The predicted octanol–water partition coefficient (Wildman–Crippen LogP) is 5.83. The van der Waals surface area contributed by atoms with Crippen LogP contribution in [0.5, 0.6) is 0 Å². The Balaban J connectivity index is 1.91. The lowest BCUT2D eigenvalue weighted by Crippen LogP contribution is -2.15. The van der Waals surface area contributed by atoms with Gasteiger partial charge in [0.15, 0.2) is 0 Å². The number of nitrogens with one attached hydrogen (secondary N) is 2. The Morgan fingerprint density at radius 2 is 1.90 bits per heavy atom. The van der Waals surface area contributed by atoms with Crippen LogP contribution in [0.15, 0.2) is 58.7 Å². The number of hydrogen-bond donors (Lipinski definition) is 2. The van der Waals surface area contributed by atoms with Crippen LogP contribution in [0.25, 0.3) is 0 Å². The van der Waals surface area contributed by atoms with Crippen LogP contribution < -0.4 is 4.72 Å². The van der Waals surface area contributed by atoms with Gasteiger partial charge in [0.25, 0.3) is 10.0 Å². The first-order valence-corrected chi connectivity index (χ1v) is 11.1. The number of aromatic amines is 1. The van der Waals surface area contributed by atoms with E-state index in [-0.39, 0.29) is 10.7 Å². The number of hydrogen-bond acceptors (Lipinski definition) is 4. The minimum atomic E-state index is -4.79. The molecule has 29 heavy (non-hydrogen) atoms. The zero-order chi connectivity index (χ0) is 21.2. The van der Waals surface area contributed by atoms with Crippen LogP contribution in [0.3, 0.4) is 0 Å². The third-order valence-corrected chi connectivity index (χ3v) is 6.70. The average molecular weight is 482 g/mol. The second kappa shape index (κ2) is 8.47. The number of aromatic nitrogens is 2. The Labute approximate surface area is 178 Å². The molecule has 0 aliphatic carbocycles. The average Bonchev–Trinajstić information content (AvgIpc) is 3.13. The molecule has 0 saturated heterocycles. The van der Waals surface area contributed by atoms with Gasteiger partial charge in [-0.15, -0.1) is 11.8 Å². The molecule has 2 aromatic carbocycles. The van der Waals surface area contributed by atoms with Gasteiger partial charge in [0, 0.05) is 21.9 Å². The summed E-state index contributed by atoms with van der Waals surface area (Å²) in [4.78, 5) is 6.85. The predicted molar refractivity (Wildman–Crippen MR) is 107 cm³/mol. The molecule has 0 atom stereocenters. The number of benzene rings is 2. The van der Waals surface area contributed by atoms with Crippen molar-refractivity contribution in [1.82, 2.24) is 9.97 Å². The molecule has 3 aromatic rings. The van der Waals surface area contributed by atoms with E-state index in [1.807, 2.05) is 0 Å². The van der Waals surface area contributed by atoms with Crippen molar-refractivity contribution < 1.29 is 21.6 Å². The molecule has 0 saturated carbocycles. The van der Waals surface area contributed by atoms with E-state index in [0.29, 0.717) is 16.7 Å². The topological polar surface area (TPSA) is 74.8 Å². The quantitative estimate of drug-likeness (QED) is 0.434. The van der Waals surface area contributed by atoms with E-state index in [2.05, 4.69) is 14.7 Å². The fourth-order valence-electron chi connectivity index (χ4n) is 2.32. The van der Waals surface area contributed by atoms with E-state index in [1.54, 1.807) is 18.3 Å². The Morgan fingerprint density at radius 1 is 1.14 bits per heavy atom. The normalized spacial score (nSPS) is 12.2. The van der Waals surface area contributed by atoms with Crippen molar-refractivity contribution in [3.63, 3.8) is 0 Å². The van der Waals surface area contributed by atoms with Crippen LogP contribution in [-0.2, 0) is 22.0 Å². The third-order valence-electron chi connectivity index (χ3n) is 3.67. The Hall–Kier alpha value is -1.88. The number of thioether (sulfide) groups is 1. The number of halogens is 5. The summed E-state index contributed by atoms with van der Waals surface area (Å²) in [5.41, 5.74) is -0.353. The van der Waals surface area contributed by atoms with Gasteiger partial charge in [-0.25, -0.2) is 13.4 Å². The molecule has 0 radical (unpaired) electrons. The molecule has 0 aliphatic heterocycles. The second-order valence-electron chi connectivity index (χ2n) is 5.73. The van der Waals surface area contributed by atoms with Crippen molar-refractivity contribution >= 4 is 50.7 Å². The molecule has 3 rings (SSSR count). The highest BCUT2D eigenvalue weighted by Crippen LogP contribution is 2.37. The van der Waals surface area contributed by atoms with Crippen molar-refractivity contribution in [3.8, 4) is 0 Å². The smallest absolute Gasteiger partial charge is 0.351 e. The van der Waals surface area contributed by atoms with E-state index in [4.69, 9.17) is 23.2 Å². The Bertz CT molecular complexity index is 1120. The van der Waals surface area contributed by atoms with Crippen LogP contribution in [0.4, 0.5) is 18.9 Å². The van der Waals surface area contributed by atoms with E-state index >= 15 is 0 Å². The SMILES string of the molecule is O=S(=O)(Nc1cc(Cl)ccc1SCc1c[nH]cn1)c1ccc(Cl)c(C(F)(F)F)c1. The van der Waals surface area contributed by atoms with Crippen LogP contribution in [0.2, 0.25) is 10.0 Å². The number of anilines is 1. The molecule has 0 amide bonds. The van der Waals surface area contributed by atoms with Gasteiger partial charge in [0.05, 0.1) is 33.2 Å². The molecule has 0 fully saturated rings. The lowest BCUT2D eigenvalue weighted by Gasteiger charge is -2.15. The zero-order valence-electron chi connectivity index (χ0n) is 14.3. The van der Waals surface area contributed by atoms with Crippen LogP contribution in [-0.4, -0.2) is 18.4 Å². The van der Waals surface area contributed by atoms with Gasteiger partial charge >= 0.3 is 6.18 Å². The summed E-state index contributed by atoms with van der Waals surface area (Å²) in [6.45, 7) is 0. The number of rotatable bonds is 6. The highest BCUT2D eigenvalue weighted by Gasteiger charge is 2.34. The van der Waals surface area contributed by atoms with Crippen LogP contribution >= 0.6 is 35.0 Å². The van der Waals surface area contributed by atoms with Gasteiger partial charge in [0.2, 0.25) is 0 Å². The summed E-state index contributed by atoms with van der Waals surface area (Å²) >= 11 is 12.8. The molecule has 0 aliphatic rings. The van der Waals surface area contributed by atoms with Crippen LogP contribution in [0.1, 0.15) is 11.3 Å². The summed E-state index contributed by atoms with van der Waals surface area (Å²) in [7, 11) is -4.33. The maximum atomic E-state index is 13.1. The van der Waals surface area contributed by atoms with Gasteiger partial charge in [-0.3, -0.25) is 4.72 Å². The summed E-state index contributed by atoms with van der Waals surface area (Å²) in [6.07, 6.45) is -1.58.